The van der Waals surface area contributed by atoms with Gasteiger partial charge in [-0.25, -0.2) is 5.43 Å². The standard InChI is InChI=1S/C11H16ClN3O2/c1-14-15-11(16)6-9(13)7-3-4-10(17-2)8(12)5-7/h3-5,9,14H,6,13H2,1-2H3,(H,15,16). The lowest BCUT2D eigenvalue weighted by Crippen LogP contribution is -2.36. The summed E-state index contributed by atoms with van der Waals surface area (Å²) < 4.78 is 5.04. The molecule has 0 fully saturated rings. The van der Waals surface area contributed by atoms with E-state index in [-0.39, 0.29) is 12.3 Å². The predicted octanol–water partition coefficient (Wildman–Crippen LogP) is 0.989. The molecule has 0 saturated carbocycles. The van der Waals surface area contributed by atoms with Crippen molar-refractivity contribution in [2.75, 3.05) is 14.2 Å². The van der Waals surface area contributed by atoms with Gasteiger partial charge in [0.15, 0.2) is 0 Å². The molecule has 17 heavy (non-hydrogen) atoms. The molecule has 0 aromatic heterocycles. The van der Waals surface area contributed by atoms with Crippen LogP contribution >= 0.6 is 11.6 Å². The molecule has 0 radical (unpaired) electrons. The van der Waals surface area contributed by atoms with E-state index in [1.807, 2.05) is 0 Å². The number of hydrazine groups is 1. The van der Waals surface area contributed by atoms with Crippen molar-refractivity contribution >= 4 is 17.5 Å². The zero-order valence-electron chi connectivity index (χ0n) is 9.79. The number of amides is 1. The third-order valence-electron chi connectivity index (χ3n) is 2.27. The molecule has 1 amide bonds. The molecule has 5 nitrogen and oxygen atoms in total. The third-order valence-corrected chi connectivity index (χ3v) is 2.57. The molecule has 0 aliphatic carbocycles. The summed E-state index contributed by atoms with van der Waals surface area (Å²) in [7, 11) is 3.16. The minimum atomic E-state index is -0.397. The first-order valence-corrected chi connectivity index (χ1v) is 5.51. The maximum Gasteiger partial charge on any atom is 0.235 e. The number of nitrogens with two attached hydrogens (primary N) is 1. The minimum absolute atomic E-state index is 0.174. The van der Waals surface area contributed by atoms with Crippen LogP contribution in [0.2, 0.25) is 5.02 Å². The van der Waals surface area contributed by atoms with E-state index in [1.165, 1.54) is 0 Å². The number of nitrogens with one attached hydrogen (secondary N) is 2. The number of halogens is 1. The van der Waals surface area contributed by atoms with Crippen LogP contribution < -0.4 is 21.3 Å². The normalized spacial score (nSPS) is 12.0. The van der Waals surface area contributed by atoms with Crippen molar-refractivity contribution in [1.29, 1.82) is 0 Å². The van der Waals surface area contributed by atoms with Gasteiger partial charge in [0.25, 0.3) is 0 Å². The van der Waals surface area contributed by atoms with Crippen LogP contribution in [-0.2, 0) is 4.79 Å². The maximum absolute atomic E-state index is 11.3. The van der Waals surface area contributed by atoms with Gasteiger partial charge in [0.1, 0.15) is 5.75 Å². The number of rotatable bonds is 5. The Morgan fingerprint density at radius 1 is 1.59 bits per heavy atom. The van der Waals surface area contributed by atoms with E-state index in [0.29, 0.717) is 10.8 Å². The number of benzene rings is 1. The fraction of sp³-hybridized carbons (Fsp3) is 0.364. The van der Waals surface area contributed by atoms with Crippen molar-refractivity contribution in [3.8, 4) is 5.75 Å². The van der Waals surface area contributed by atoms with Gasteiger partial charge in [-0.1, -0.05) is 17.7 Å². The van der Waals surface area contributed by atoms with Crippen molar-refractivity contribution in [3.63, 3.8) is 0 Å². The molecule has 0 spiro atoms. The van der Waals surface area contributed by atoms with E-state index in [1.54, 1.807) is 32.4 Å². The Labute approximate surface area is 105 Å². The number of hydrogen-bond acceptors (Lipinski definition) is 4. The molecule has 1 rings (SSSR count). The summed E-state index contributed by atoms with van der Waals surface area (Å²) >= 11 is 5.98. The van der Waals surface area contributed by atoms with Gasteiger partial charge in [-0.05, 0) is 17.7 Å². The molecule has 1 atom stereocenters. The molecule has 0 aliphatic heterocycles. The molecule has 94 valence electrons. The molecular weight excluding hydrogens is 242 g/mol. The number of methoxy groups -OCH3 is 1. The number of ether oxygens (including phenoxy) is 1. The quantitative estimate of drug-likeness (QED) is 0.688. The summed E-state index contributed by atoms with van der Waals surface area (Å²) in [6.07, 6.45) is 0.184. The first-order chi connectivity index (χ1) is 8.08. The highest BCUT2D eigenvalue weighted by molar-refractivity contribution is 6.32. The monoisotopic (exact) mass is 257 g/mol. The van der Waals surface area contributed by atoms with E-state index in [2.05, 4.69) is 10.9 Å². The highest BCUT2D eigenvalue weighted by Gasteiger charge is 2.12. The van der Waals surface area contributed by atoms with Gasteiger partial charge in [-0.3, -0.25) is 10.2 Å². The van der Waals surface area contributed by atoms with Crippen LogP contribution in [0.25, 0.3) is 0 Å². The fourth-order valence-corrected chi connectivity index (χ4v) is 1.69. The topological polar surface area (TPSA) is 76.4 Å². The van der Waals surface area contributed by atoms with E-state index in [9.17, 15) is 4.79 Å². The van der Waals surface area contributed by atoms with Crippen molar-refractivity contribution in [3.05, 3.63) is 28.8 Å². The summed E-state index contributed by atoms with van der Waals surface area (Å²) in [5.41, 5.74) is 11.7. The van der Waals surface area contributed by atoms with Gasteiger partial charge in [-0.2, -0.15) is 0 Å². The third kappa shape index (κ3) is 3.89. The van der Waals surface area contributed by atoms with Crippen LogP contribution in [0.5, 0.6) is 5.75 Å². The van der Waals surface area contributed by atoms with Crippen LogP contribution in [0.3, 0.4) is 0 Å². The first kappa shape index (κ1) is 13.8. The zero-order valence-corrected chi connectivity index (χ0v) is 10.5. The molecule has 0 saturated heterocycles. The zero-order chi connectivity index (χ0) is 12.8. The van der Waals surface area contributed by atoms with Gasteiger partial charge in [-0.15, -0.1) is 0 Å². The van der Waals surface area contributed by atoms with Gasteiger partial charge >= 0.3 is 0 Å². The van der Waals surface area contributed by atoms with Crippen molar-refractivity contribution < 1.29 is 9.53 Å². The number of carbonyl (C=O) groups is 1. The highest BCUT2D eigenvalue weighted by Crippen LogP contribution is 2.27. The largest absolute Gasteiger partial charge is 0.495 e. The molecule has 4 N–H and O–H groups in total. The second kappa shape index (κ2) is 6.44. The van der Waals surface area contributed by atoms with E-state index >= 15 is 0 Å². The molecule has 1 aromatic rings. The van der Waals surface area contributed by atoms with Crippen molar-refractivity contribution in [1.82, 2.24) is 10.9 Å². The van der Waals surface area contributed by atoms with Gasteiger partial charge in [0, 0.05) is 19.5 Å². The summed E-state index contributed by atoms with van der Waals surface area (Å²) in [6, 6.07) is 4.83. The van der Waals surface area contributed by atoms with Crippen LogP contribution in [0.15, 0.2) is 18.2 Å². The predicted molar refractivity (Wildman–Crippen MR) is 66.8 cm³/mol. The average molecular weight is 258 g/mol. The number of hydrogen-bond donors (Lipinski definition) is 3. The van der Waals surface area contributed by atoms with Crippen molar-refractivity contribution in [2.24, 2.45) is 5.73 Å². The molecule has 0 aliphatic rings. The Balaban J connectivity index is 2.72. The molecule has 0 heterocycles. The first-order valence-electron chi connectivity index (χ1n) is 5.13. The molecule has 1 aromatic carbocycles. The average Bonchev–Trinajstić information content (AvgIpc) is 2.29. The Morgan fingerprint density at radius 3 is 2.82 bits per heavy atom. The molecule has 1 unspecified atom stereocenters. The van der Waals surface area contributed by atoms with Crippen LogP contribution in [0, 0.1) is 0 Å². The van der Waals surface area contributed by atoms with Gasteiger partial charge in [0.05, 0.1) is 12.1 Å². The van der Waals surface area contributed by atoms with Crippen LogP contribution in [0.1, 0.15) is 18.0 Å². The summed E-state index contributed by atoms with van der Waals surface area (Å²) in [5, 5.41) is 0.481. The smallest absolute Gasteiger partial charge is 0.235 e. The highest BCUT2D eigenvalue weighted by atomic mass is 35.5. The maximum atomic E-state index is 11.3. The molecule has 0 bridgehead atoms. The summed E-state index contributed by atoms with van der Waals surface area (Å²) in [5.74, 6) is 0.411. The van der Waals surface area contributed by atoms with Gasteiger partial charge < -0.3 is 10.5 Å². The second-order valence-electron chi connectivity index (χ2n) is 3.50. The second-order valence-corrected chi connectivity index (χ2v) is 3.91. The Hall–Kier alpha value is -1.30. The lowest BCUT2D eigenvalue weighted by molar-refractivity contribution is -0.122. The summed E-state index contributed by atoms with van der Waals surface area (Å²) in [6.45, 7) is 0. The van der Waals surface area contributed by atoms with E-state index < -0.39 is 6.04 Å². The number of carbonyl (C=O) groups excluding carboxylic acids is 1. The lowest BCUT2D eigenvalue weighted by atomic mass is 10.0. The van der Waals surface area contributed by atoms with E-state index in [4.69, 9.17) is 22.1 Å². The summed E-state index contributed by atoms with van der Waals surface area (Å²) in [4.78, 5) is 11.3. The van der Waals surface area contributed by atoms with Crippen LogP contribution in [0.4, 0.5) is 0 Å². The van der Waals surface area contributed by atoms with E-state index in [0.717, 1.165) is 5.56 Å². The van der Waals surface area contributed by atoms with Gasteiger partial charge in [0.2, 0.25) is 5.91 Å². The lowest BCUT2D eigenvalue weighted by Gasteiger charge is -2.13. The molecular formula is C11H16ClN3O2. The SMILES string of the molecule is CNNC(=O)CC(N)c1ccc(OC)c(Cl)c1. The minimum Gasteiger partial charge on any atom is -0.495 e. The van der Waals surface area contributed by atoms with Crippen molar-refractivity contribution in [2.45, 2.75) is 12.5 Å². The Bertz CT molecular complexity index is 398. The van der Waals surface area contributed by atoms with Crippen LogP contribution in [-0.4, -0.2) is 20.1 Å². The fourth-order valence-electron chi connectivity index (χ4n) is 1.42. The molecule has 6 heteroatoms. The Morgan fingerprint density at radius 2 is 2.29 bits per heavy atom. The Kier molecular flexibility index (Phi) is 5.21.